The summed E-state index contributed by atoms with van der Waals surface area (Å²) in [5, 5.41) is 5.61. The Morgan fingerprint density at radius 2 is 2.24 bits per heavy atom. The number of aromatic nitrogens is 1. The first-order valence-corrected chi connectivity index (χ1v) is 5.67. The number of carbonyl (C=O) groups is 1. The van der Waals surface area contributed by atoms with Crippen LogP contribution in [-0.4, -0.2) is 29.5 Å². The number of amides is 1. The van der Waals surface area contributed by atoms with E-state index in [-0.39, 0.29) is 5.91 Å². The summed E-state index contributed by atoms with van der Waals surface area (Å²) in [7, 11) is 1.60. The molecule has 0 fully saturated rings. The summed E-state index contributed by atoms with van der Waals surface area (Å²) < 4.78 is 0. The number of carbonyl (C=O) groups excluding carboxylic acids is 1. The molecule has 5 nitrogen and oxygen atoms in total. The van der Waals surface area contributed by atoms with E-state index in [0.29, 0.717) is 29.3 Å². The van der Waals surface area contributed by atoms with Gasteiger partial charge in [-0.25, -0.2) is 4.98 Å². The maximum Gasteiger partial charge on any atom is 0.221 e. The SMILES string of the molecule is CNC(=O)CCNc1nc(C)ccc1C(N)=S. The number of nitrogens with two attached hydrogens (primary N) is 1. The Kier molecular flexibility index (Phi) is 4.84. The fourth-order valence-electron chi connectivity index (χ4n) is 1.31. The minimum Gasteiger partial charge on any atom is -0.389 e. The Morgan fingerprint density at radius 1 is 1.53 bits per heavy atom. The van der Waals surface area contributed by atoms with Crippen LogP contribution in [0.3, 0.4) is 0 Å². The van der Waals surface area contributed by atoms with Crippen molar-refractivity contribution in [3.8, 4) is 0 Å². The molecule has 1 aromatic heterocycles. The van der Waals surface area contributed by atoms with E-state index < -0.39 is 0 Å². The number of thiocarbonyl (C=S) groups is 1. The second-order valence-corrected chi connectivity index (χ2v) is 4.00. The number of anilines is 1. The van der Waals surface area contributed by atoms with Crippen LogP contribution in [0.25, 0.3) is 0 Å². The summed E-state index contributed by atoms with van der Waals surface area (Å²) in [5.74, 6) is 0.600. The third-order valence-corrected chi connectivity index (χ3v) is 2.44. The van der Waals surface area contributed by atoms with Crippen LogP contribution in [0, 0.1) is 6.92 Å². The van der Waals surface area contributed by atoms with Crippen LogP contribution in [0.5, 0.6) is 0 Å². The van der Waals surface area contributed by atoms with Gasteiger partial charge in [-0.05, 0) is 19.1 Å². The molecule has 6 heteroatoms. The highest BCUT2D eigenvalue weighted by Gasteiger charge is 2.07. The van der Waals surface area contributed by atoms with Crippen molar-refractivity contribution in [2.45, 2.75) is 13.3 Å². The molecule has 0 radical (unpaired) electrons. The highest BCUT2D eigenvalue weighted by molar-refractivity contribution is 7.80. The molecule has 1 amide bonds. The Balaban J connectivity index is 2.72. The molecule has 1 heterocycles. The van der Waals surface area contributed by atoms with Crippen LogP contribution >= 0.6 is 12.2 Å². The van der Waals surface area contributed by atoms with Crippen LogP contribution in [-0.2, 0) is 4.79 Å². The lowest BCUT2D eigenvalue weighted by molar-refractivity contribution is -0.120. The molecule has 4 N–H and O–H groups in total. The quantitative estimate of drug-likeness (QED) is 0.668. The number of hydrogen-bond acceptors (Lipinski definition) is 4. The van der Waals surface area contributed by atoms with Gasteiger partial charge in [0.05, 0.1) is 5.56 Å². The van der Waals surface area contributed by atoms with Crippen molar-refractivity contribution in [3.05, 3.63) is 23.4 Å². The Hall–Kier alpha value is -1.69. The molecule has 0 bridgehead atoms. The standard InChI is InChI=1S/C11H16N4OS/c1-7-3-4-8(10(12)17)11(15-7)14-6-5-9(16)13-2/h3-4H,5-6H2,1-2H3,(H2,12,17)(H,13,16)(H,14,15). The zero-order valence-electron chi connectivity index (χ0n) is 9.91. The van der Waals surface area contributed by atoms with Gasteiger partial charge in [-0.1, -0.05) is 12.2 Å². The zero-order chi connectivity index (χ0) is 12.8. The molecule has 0 aliphatic heterocycles. The number of nitrogens with one attached hydrogen (secondary N) is 2. The number of aryl methyl sites for hydroxylation is 1. The van der Waals surface area contributed by atoms with E-state index in [4.69, 9.17) is 18.0 Å². The van der Waals surface area contributed by atoms with E-state index in [0.717, 1.165) is 5.69 Å². The van der Waals surface area contributed by atoms with Gasteiger partial charge in [0, 0.05) is 25.7 Å². The Morgan fingerprint density at radius 3 is 2.82 bits per heavy atom. The average molecular weight is 252 g/mol. The van der Waals surface area contributed by atoms with Crippen molar-refractivity contribution in [3.63, 3.8) is 0 Å². The van der Waals surface area contributed by atoms with Crippen molar-refractivity contribution in [2.24, 2.45) is 5.73 Å². The van der Waals surface area contributed by atoms with Gasteiger partial charge in [0.2, 0.25) is 5.91 Å². The van der Waals surface area contributed by atoms with Gasteiger partial charge in [0.15, 0.2) is 0 Å². The summed E-state index contributed by atoms with van der Waals surface area (Å²) >= 11 is 4.94. The second kappa shape index (κ2) is 6.15. The van der Waals surface area contributed by atoms with Crippen molar-refractivity contribution in [1.82, 2.24) is 10.3 Å². The van der Waals surface area contributed by atoms with Crippen LogP contribution in [0.1, 0.15) is 17.7 Å². The monoisotopic (exact) mass is 252 g/mol. The van der Waals surface area contributed by atoms with E-state index in [1.54, 1.807) is 7.05 Å². The van der Waals surface area contributed by atoms with Crippen molar-refractivity contribution < 1.29 is 4.79 Å². The number of pyridine rings is 1. The minimum absolute atomic E-state index is 0.0259. The molecule has 0 unspecified atom stereocenters. The molecule has 0 saturated heterocycles. The van der Waals surface area contributed by atoms with Crippen molar-refractivity contribution in [1.29, 1.82) is 0 Å². The molecule has 0 aromatic carbocycles. The molecule has 0 spiro atoms. The summed E-state index contributed by atoms with van der Waals surface area (Å²) in [6.45, 7) is 2.37. The van der Waals surface area contributed by atoms with Crippen LogP contribution in [0.15, 0.2) is 12.1 Å². The lowest BCUT2D eigenvalue weighted by atomic mass is 10.2. The maximum atomic E-state index is 11.1. The fourth-order valence-corrected chi connectivity index (χ4v) is 1.47. The van der Waals surface area contributed by atoms with E-state index in [1.165, 1.54) is 0 Å². The molecule has 0 aliphatic rings. The van der Waals surface area contributed by atoms with Gasteiger partial charge in [0.1, 0.15) is 10.8 Å². The molecule has 0 saturated carbocycles. The van der Waals surface area contributed by atoms with E-state index >= 15 is 0 Å². The highest BCUT2D eigenvalue weighted by atomic mass is 32.1. The molecule has 92 valence electrons. The number of nitrogens with zero attached hydrogens (tertiary/aromatic N) is 1. The molecule has 17 heavy (non-hydrogen) atoms. The van der Waals surface area contributed by atoms with E-state index in [9.17, 15) is 4.79 Å². The van der Waals surface area contributed by atoms with Crippen LogP contribution in [0.2, 0.25) is 0 Å². The average Bonchev–Trinajstić information content (AvgIpc) is 2.28. The molecular weight excluding hydrogens is 236 g/mol. The van der Waals surface area contributed by atoms with Crippen molar-refractivity contribution >= 4 is 28.9 Å². The maximum absolute atomic E-state index is 11.1. The largest absolute Gasteiger partial charge is 0.389 e. The van der Waals surface area contributed by atoms with Gasteiger partial charge in [-0.3, -0.25) is 4.79 Å². The van der Waals surface area contributed by atoms with Gasteiger partial charge in [-0.15, -0.1) is 0 Å². The smallest absolute Gasteiger partial charge is 0.221 e. The third-order valence-electron chi connectivity index (χ3n) is 2.22. The van der Waals surface area contributed by atoms with E-state index in [2.05, 4.69) is 15.6 Å². The summed E-state index contributed by atoms with van der Waals surface area (Å²) in [4.78, 5) is 15.7. The predicted molar refractivity (Wildman–Crippen MR) is 72.0 cm³/mol. The first kappa shape index (κ1) is 13.4. The predicted octanol–water partition coefficient (Wildman–Crippen LogP) is 0.572. The first-order valence-electron chi connectivity index (χ1n) is 5.26. The summed E-state index contributed by atoms with van der Waals surface area (Å²) in [6.07, 6.45) is 0.378. The molecule has 1 aromatic rings. The number of hydrogen-bond donors (Lipinski definition) is 3. The Bertz CT molecular complexity index is 433. The fraction of sp³-hybridized carbons (Fsp3) is 0.364. The molecule has 1 rings (SSSR count). The Labute approximate surface area is 106 Å². The van der Waals surface area contributed by atoms with Gasteiger partial charge in [0.25, 0.3) is 0 Å². The minimum atomic E-state index is -0.0259. The van der Waals surface area contributed by atoms with Crippen LogP contribution < -0.4 is 16.4 Å². The second-order valence-electron chi connectivity index (χ2n) is 3.56. The molecule has 0 aliphatic carbocycles. The van der Waals surface area contributed by atoms with Crippen LogP contribution in [0.4, 0.5) is 5.82 Å². The number of rotatable bonds is 5. The lowest BCUT2D eigenvalue weighted by Crippen LogP contribution is -2.22. The normalized spacial score (nSPS) is 9.76. The summed E-state index contributed by atoms with van der Waals surface area (Å²) in [5.41, 5.74) is 7.16. The topological polar surface area (TPSA) is 80.0 Å². The van der Waals surface area contributed by atoms with Gasteiger partial charge < -0.3 is 16.4 Å². The lowest BCUT2D eigenvalue weighted by Gasteiger charge is -2.10. The summed E-state index contributed by atoms with van der Waals surface area (Å²) in [6, 6.07) is 3.67. The zero-order valence-corrected chi connectivity index (χ0v) is 10.7. The van der Waals surface area contributed by atoms with Gasteiger partial charge in [-0.2, -0.15) is 0 Å². The third kappa shape index (κ3) is 3.99. The molecular formula is C11H16N4OS. The van der Waals surface area contributed by atoms with Gasteiger partial charge >= 0.3 is 0 Å². The van der Waals surface area contributed by atoms with E-state index in [1.807, 2.05) is 19.1 Å². The molecule has 0 atom stereocenters. The first-order chi connectivity index (χ1) is 8.04. The van der Waals surface area contributed by atoms with Crippen molar-refractivity contribution in [2.75, 3.05) is 18.9 Å². The highest BCUT2D eigenvalue weighted by Crippen LogP contribution is 2.13.